The molecule has 142 valence electrons. The summed E-state index contributed by atoms with van der Waals surface area (Å²) in [5.74, 6) is -1.93. The molecule has 0 bridgehead atoms. The second kappa shape index (κ2) is 10.9. The van der Waals surface area contributed by atoms with Gasteiger partial charge in [-0.2, -0.15) is 0 Å². The molecule has 8 heteroatoms. The van der Waals surface area contributed by atoms with Crippen LogP contribution >= 0.6 is 0 Å². The largest absolute Gasteiger partial charge is 0.480 e. The number of benzene rings is 1. The quantitative estimate of drug-likeness (QED) is 0.541. The SMILES string of the molecule is CC(C)CC(NC(=O)OCc1ccccc1)C(=O)NC(CC=O)C(=O)O. The minimum atomic E-state index is -1.34. The van der Waals surface area contributed by atoms with Gasteiger partial charge in [0, 0.05) is 6.42 Å². The van der Waals surface area contributed by atoms with Gasteiger partial charge in [0.1, 0.15) is 25.0 Å². The van der Waals surface area contributed by atoms with Crippen LogP contribution in [0.25, 0.3) is 0 Å². The lowest BCUT2D eigenvalue weighted by molar-refractivity contribution is -0.142. The van der Waals surface area contributed by atoms with Crippen molar-refractivity contribution in [2.45, 2.75) is 45.4 Å². The van der Waals surface area contributed by atoms with Gasteiger partial charge in [0.2, 0.25) is 5.91 Å². The summed E-state index contributed by atoms with van der Waals surface area (Å²) in [6.45, 7) is 3.76. The molecule has 0 aliphatic carbocycles. The molecule has 2 amide bonds. The van der Waals surface area contributed by atoms with Crippen molar-refractivity contribution < 1.29 is 29.0 Å². The molecule has 0 spiro atoms. The lowest BCUT2D eigenvalue weighted by Crippen LogP contribution is -2.52. The fraction of sp³-hybridized carbons (Fsp3) is 0.444. The first-order valence-corrected chi connectivity index (χ1v) is 8.27. The van der Waals surface area contributed by atoms with Crippen LogP contribution in [-0.2, 0) is 25.7 Å². The van der Waals surface area contributed by atoms with E-state index < -0.39 is 30.1 Å². The Morgan fingerprint density at radius 3 is 2.31 bits per heavy atom. The van der Waals surface area contributed by atoms with Crippen LogP contribution < -0.4 is 10.6 Å². The van der Waals surface area contributed by atoms with Crippen molar-refractivity contribution in [1.29, 1.82) is 0 Å². The maximum absolute atomic E-state index is 12.3. The minimum absolute atomic E-state index is 0.0472. The third-order valence-electron chi connectivity index (χ3n) is 3.47. The van der Waals surface area contributed by atoms with E-state index in [0.29, 0.717) is 12.7 Å². The highest BCUT2D eigenvalue weighted by Gasteiger charge is 2.27. The number of rotatable bonds is 10. The zero-order chi connectivity index (χ0) is 19.5. The van der Waals surface area contributed by atoms with E-state index in [0.717, 1.165) is 5.56 Å². The highest BCUT2D eigenvalue weighted by Crippen LogP contribution is 2.07. The molecule has 0 radical (unpaired) electrons. The van der Waals surface area contributed by atoms with Gasteiger partial charge in [-0.25, -0.2) is 9.59 Å². The molecule has 26 heavy (non-hydrogen) atoms. The Kier molecular flexibility index (Phi) is 8.83. The third kappa shape index (κ3) is 7.78. The van der Waals surface area contributed by atoms with E-state index >= 15 is 0 Å². The Labute approximate surface area is 151 Å². The summed E-state index contributed by atoms with van der Waals surface area (Å²) < 4.78 is 5.09. The summed E-state index contributed by atoms with van der Waals surface area (Å²) in [6, 6.07) is 6.74. The van der Waals surface area contributed by atoms with E-state index in [2.05, 4.69) is 10.6 Å². The summed E-state index contributed by atoms with van der Waals surface area (Å²) in [4.78, 5) is 45.9. The van der Waals surface area contributed by atoms with Crippen LogP contribution in [0.3, 0.4) is 0 Å². The maximum atomic E-state index is 12.3. The molecule has 0 aliphatic rings. The first-order valence-electron chi connectivity index (χ1n) is 8.27. The molecular weight excluding hydrogens is 340 g/mol. The van der Waals surface area contributed by atoms with E-state index in [1.165, 1.54) is 0 Å². The van der Waals surface area contributed by atoms with E-state index in [-0.39, 0.29) is 18.9 Å². The number of alkyl carbamates (subject to hydrolysis) is 1. The Hall–Kier alpha value is -2.90. The predicted octanol–water partition coefficient (Wildman–Crippen LogP) is 1.49. The van der Waals surface area contributed by atoms with Gasteiger partial charge in [-0.05, 0) is 17.9 Å². The molecule has 3 N–H and O–H groups in total. The lowest BCUT2D eigenvalue weighted by atomic mass is 10.0. The lowest BCUT2D eigenvalue weighted by Gasteiger charge is -2.21. The first kappa shape index (κ1) is 21.1. The number of hydrogen-bond acceptors (Lipinski definition) is 5. The number of ether oxygens (including phenoxy) is 1. The van der Waals surface area contributed by atoms with E-state index in [1.54, 1.807) is 12.1 Å². The molecule has 0 saturated heterocycles. The van der Waals surface area contributed by atoms with Gasteiger partial charge < -0.3 is 25.3 Å². The number of carbonyl (C=O) groups excluding carboxylic acids is 3. The molecule has 0 saturated carbocycles. The zero-order valence-corrected chi connectivity index (χ0v) is 14.8. The summed E-state index contributed by atoms with van der Waals surface area (Å²) >= 11 is 0. The number of carboxylic acid groups (broad SMARTS) is 1. The monoisotopic (exact) mass is 364 g/mol. The molecule has 0 fully saturated rings. The highest BCUT2D eigenvalue weighted by molar-refractivity contribution is 5.90. The molecule has 1 rings (SSSR count). The van der Waals surface area contributed by atoms with Gasteiger partial charge in [-0.1, -0.05) is 44.2 Å². The number of carbonyl (C=O) groups is 4. The van der Waals surface area contributed by atoms with Gasteiger partial charge in [0.15, 0.2) is 0 Å². The minimum Gasteiger partial charge on any atom is -0.480 e. The van der Waals surface area contributed by atoms with Crippen molar-refractivity contribution in [2.24, 2.45) is 5.92 Å². The van der Waals surface area contributed by atoms with Crippen LogP contribution in [0.1, 0.15) is 32.3 Å². The molecule has 0 aromatic heterocycles. The molecule has 1 aromatic carbocycles. The van der Waals surface area contributed by atoms with Gasteiger partial charge in [-0.15, -0.1) is 0 Å². The summed E-state index contributed by atoms with van der Waals surface area (Å²) in [7, 11) is 0. The van der Waals surface area contributed by atoms with E-state index in [9.17, 15) is 19.2 Å². The number of hydrogen-bond donors (Lipinski definition) is 3. The van der Waals surface area contributed by atoms with Gasteiger partial charge >= 0.3 is 12.1 Å². The summed E-state index contributed by atoms with van der Waals surface area (Å²) in [5, 5.41) is 13.7. The van der Waals surface area contributed by atoms with Gasteiger partial charge in [-0.3, -0.25) is 4.79 Å². The maximum Gasteiger partial charge on any atom is 0.408 e. The average molecular weight is 364 g/mol. The standard InChI is InChI=1S/C18H24N2O6/c1-12(2)10-15(16(22)19-14(8-9-21)17(23)24)20-18(25)26-11-13-6-4-3-5-7-13/h3-7,9,12,14-15H,8,10-11H2,1-2H3,(H,19,22)(H,20,25)(H,23,24). The van der Waals surface area contributed by atoms with Crippen LogP contribution in [0.15, 0.2) is 30.3 Å². The predicted molar refractivity (Wildman–Crippen MR) is 93.3 cm³/mol. The Morgan fingerprint density at radius 2 is 1.77 bits per heavy atom. The number of aliphatic carboxylic acids is 1. The van der Waals surface area contributed by atoms with Gasteiger partial charge in [0.25, 0.3) is 0 Å². The number of carboxylic acids is 1. The molecule has 2 atom stereocenters. The molecule has 0 aliphatic heterocycles. The molecular formula is C18H24N2O6. The number of aldehydes is 1. The van der Waals surface area contributed by atoms with E-state index in [4.69, 9.17) is 9.84 Å². The number of nitrogens with one attached hydrogen (secondary N) is 2. The van der Waals surface area contributed by atoms with Crippen LogP contribution in [0, 0.1) is 5.92 Å². The van der Waals surface area contributed by atoms with Crippen molar-refractivity contribution in [3.63, 3.8) is 0 Å². The smallest absolute Gasteiger partial charge is 0.408 e. The van der Waals surface area contributed by atoms with Crippen molar-refractivity contribution in [2.75, 3.05) is 0 Å². The average Bonchev–Trinajstić information content (AvgIpc) is 2.59. The van der Waals surface area contributed by atoms with Gasteiger partial charge in [0.05, 0.1) is 0 Å². The topological polar surface area (TPSA) is 122 Å². The van der Waals surface area contributed by atoms with E-state index in [1.807, 2.05) is 32.0 Å². The van der Waals surface area contributed by atoms with Crippen LogP contribution in [0.2, 0.25) is 0 Å². The van der Waals surface area contributed by atoms with Crippen LogP contribution in [0.5, 0.6) is 0 Å². The number of amides is 2. The first-order chi connectivity index (χ1) is 12.3. The fourth-order valence-corrected chi connectivity index (χ4v) is 2.20. The molecule has 1 aromatic rings. The second-order valence-electron chi connectivity index (χ2n) is 6.19. The molecule has 0 heterocycles. The molecule has 2 unspecified atom stereocenters. The van der Waals surface area contributed by atoms with Crippen molar-refractivity contribution >= 4 is 24.3 Å². The Morgan fingerprint density at radius 1 is 1.12 bits per heavy atom. The second-order valence-corrected chi connectivity index (χ2v) is 6.19. The van der Waals surface area contributed by atoms with Crippen molar-refractivity contribution in [3.8, 4) is 0 Å². The van der Waals surface area contributed by atoms with Crippen molar-refractivity contribution in [1.82, 2.24) is 10.6 Å². The molecule has 8 nitrogen and oxygen atoms in total. The highest BCUT2D eigenvalue weighted by atomic mass is 16.5. The normalized spacial score (nSPS) is 12.7. The zero-order valence-electron chi connectivity index (χ0n) is 14.8. The Bertz CT molecular complexity index is 617. The fourth-order valence-electron chi connectivity index (χ4n) is 2.20. The van der Waals surface area contributed by atoms with Crippen molar-refractivity contribution in [3.05, 3.63) is 35.9 Å². The van der Waals surface area contributed by atoms with Crippen LogP contribution in [-0.4, -0.2) is 41.4 Å². The summed E-state index contributed by atoms with van der Waals surface area (Å²) in [6.07, 6.45) is -0.428. The van der Waals surface area contributed by atoms with Crippen LogP contribution in [0.4, 0.5) is 4.79 Å². The Balaban J connectivity index is 2.66. The third-order valence-corrected chi connectivity index (χ3v) is 3.47. The summed E-state index contributed by atoms with van der Waals surface area (Å²) in [5.41, 5.74) is 0.796.